The second kappa shape index (κ2) is 2.67. The van der Waals surface area contributed by atoms with E-state index in [1.54, 1.807) is 24.6 Å². The normalized spacial score (nSPS) is 19.7. The Kier molecular flexibility index (Phi) is 1.65. The first-order chi connectivity index (χ1) is 5.77. The van der Waals surface area contributed by atoms with Gasteiger partial charge in [-0.3, -0.25) is 0 Å². The van der Waals surface area contributed by atoms with Crippen molar-refractivity contribution in [2.24, 2.45) is 0 Å². The average Bonchev–Trinajstić information content (AvgIpc) is 2.49. The fourth-order valence-corrected chi connectivity index (χ4v) is 1.01. The van der Waals surface area contributed by atoms with Gasteiger partial charge in [0.05, 0.1) is 11.9 Å². The molecule has 6 heteroatoms. The highest BCUT2D eigenvalue weighted by molar-refractivity contribution is 6.51. The fourth-order valence-electron chi connectivity index (χ4n) is 1.01. The first-order valence-corrected chi connectivity index (χ1v) is 3.45. The standard InChI is InChI=1S/C6H7BN2O3/c10-7(11)5-1-2-9-6(3-5)4-8-12-9/h1-4,8,10-11H. The molecule has 2 aliphatic heterocycles. The summed E-state index contributed by atoms with van der Waals surface area (Å²) in [6.07, 6.45) is 6.40. The monoisotopic (exact) mass is 166 g/mol. The van der Waals surface area contributed by atoms with Gasteiger partial charge in [0.1, 0.15) is 0 Å². The maximum absolute atomic E-state index is 8.83. The summed E-state index contributed by atoms with van der Waals surface area (Å²) in [4.78, 5) is 4.88. The number of nitrogens with zero attached hydrogens (tertiary/aromatic N) is 1. The first-order valence-electron chi connectivity index (χ1n) is 3.45. The number of hydrogen-bond acceptors (Lipinski definition) is 5. The van der Waals surface area contributed by atoms with Gasteiger partial charge < -0.3 is 10.0 Å². The minimum Gasteiger partial charge on any atom is -0.423 e. The highest BCUT2D eigenvalue weighted by Gasteiger charge is 2.21. The van der Waals surface area contributed by atoms with E-state index in [1.807, 2.05) is 0 Å². The van der Waals surface area contributed by atoms with Gasteiger partial charge >= 0.3 is 7.12 Å². The largest absolute Gasteiger partial charge is 0.488 e. The molecule has 5 nitrogen and oxygen atoms in total. The van der Waals surface area contributed by atoms with Crippen molar-refractivity contribution < 1.29 is 15.0 Å². The molecule has 0 radical (unpaired) electrons. The number of hydroxylamine groups is 3. The van der Waals surface area contributed by atoms with Gasteiger partial charge in [-0.25, -0.2) is 10.5 Å². The van der Waals surface area contributed by atoms with Crippen molar-refractivity contribution >= 4 is 7.12 Å². The maximum atomic E-state index is 8.83. The molecule has 0 spiro atoms. The second-order valence-electron chi connectivity index (χ2n) is 2.44. The van der Waals surface area contributed by atoms with E-state index < -0.39 is 7.12 Å². The smallest absolute Gasteiger partial charge is 0.423 e. The Morgan fingerprint density at radius 3 is 3.08 bits per heavy atom. The molecule has 0 saturated heterocycles. The van der Waals surface area contributed by atoms with Crippen LogP contribution in [0.5, 0.6) is 0 Å². The molecule has 0 fully saturated rings. The molecule has 0 atom stereocenters. The van der Waals surface area contributed by atoms with E-state index in [-0.39, 0.29) is 0 Å². The predicted octanol–water partition coefficient (Wildman–Crippen LogP) is -0.955. The van der Waals surface area contributed by atoms with E-state index in [4.69, 9.17) is 15.0 Å². The van der Waals surface area contributed by atoms with Crippen LogP contribution in [0.4, 0.5) is 0 Å². The molecule has 3 N–H and O–H groups in total. The van der Waals surface area contributed by atoms with Gasteiger partial charge in [0.2, 0.25) is 0 Å². The Morgan fingerprint density at radius 2 is 2.33 bits per heavy atom. The van der Waals surface area contributed by atoms with Crippen molar-refractivity contribution in [3.8, 4) is 0 Å². The molecule has 0 aromatic rings. The van der Waals surface area contributed by atoms with Crippen LogP contribution in [0, 0.1) is 0 Å². The van der Waals surface area contributed by atoms with Crippen LogP contribution >= 0.6 is 0 Å². The third kappa shape index (κ3) is 1.12. The molecule has 0 unspecified atom stereocenters. The van der Waals surface area contributed by atoms with Gasteiger partial charge in [-0.2, -0.15) is 4.94 Å². The summed E-state index contributed by atoms with van der Waals surface area (Å²) in [5, 5.41) is 19.1. The molecule has 0 aliphatic carbocycles. The zero-order chi connectivity index (χ0) is 8.55. The van der Waals surface area contributed by atoms with E-state index in [9.17, 15) is 0 Å². The minimum atomic E-state index is -1.44. The molecule has 2 heterocycles. The topological polar surface area (TPSA) is 65.0 Å². The van der Waals surface area contributed by atoms with Gasteiger partial charge in [0.15, 0.2) is 0 Å². The summed E-state index contributed by atoms with van der Waals surface area (Å²) >= 11 is 0. The van der Waals surface area contributed by atoms with Crippen molar-refractivity contribution in [2.75, 3.05) is 0 Å². The summed E-state index contributed by atoms with van der Waals surface area (Å²) in [6, 6.07) is 0. The van der Waals surface area contributed by atoms with Crippen LogP contribution in [0.3, 0.4) is 0 Å². The lowest BCUT2D eigenvalue weighted by atomic mass is 9.78. The summed E-state index contributed by atoms with van der Waals surface area (Å²) in [5.41, 5.74) is 3.70. The SMILES string of the molecule is OB(O)C1=CC2=CNON2C=C1. The number of fused-ring (bicyclic) bond motifs is 1. The molecular formula is C6H7BN2O3. The van der Waals surface area contributed by atoms with Crippen LogP contribution in [0.25, 0.3) is 0 Å². The van der Waals surface area contributed by atoms with Gasteiger partial charge in [-0.1, -0.05) is 0 Å². The lowest BCUT2D eigenvalue weighted by Crippen LogP contribution is -2.21. The lowest BCUT2D eigenvalue weighted by Gasteiger charge is -2.16. The summed E-state index contributed by atoms with van der Waals surface area (Å²) in [5.74, 6) is 0. The highest BCUT2D eigenvalue weighted by Crippen LogP contribution is 2.19. The van der Waals surface area contributed by atoms with Crippen LogP contribution in [-0.2, 0) is 4.94 Å². The van der Waals surface area contributed by atoms with E-state index >= 15 is 0 Å². The first kappa shape index (κ1) is 7.42. The van der Waals surface area contributed by atoms with Crippen LogP contribution in [0.15, 0.2) is 35.7 Å². The van der Waals surface area contributed by atoms with Crippen molar-refractivity contribution in [3.63, 3.8) is 0 Å². The van der Waals surface area contributed by atoms with Crippen LogP contribution in [-0.4, -0.2) is 22.2 Å². The molecular weight excluding hydrogens is 159 g/mol. The number of rotatable bonds is 1. The zero-order valence-electron chi connectivity index (χ0n) is 6.14. The molecule has 62 valence electrons. The number of nitrogens with one attached hydrogen (secondary N) is 1. The quantitative estimate of drug-likeness (QED) is 0.438. The summed E-state index contributed by atoms with van der Waals surface area (Å²) in [6.45, 7) is 0. The highest BCUT2D eigenvalue weighted by atomic mass is 16.8. The summed E-state index contributed by atoms with van der Waals surface area (Å²) in [7, 11) is -1.44. The minimum absolute atomic E-state index is 0.435. The number of allylic oxidation sites excluding steroid dienone is 3. The van der Waals surface area contributed by atoms with Crippen LogP contribution in [0.2, 0.25) is 0 Å². The molecule has 0 aromatic carbocycles. The van der Waals surface area contributed by atoms with Gasteiger partial charge in [0, 0.05) is 6.20 Å². The fraction of sp³-hybridized carbons (Fsp3) is 0. The average molecular weight is 166 g/mol. The van der Waals surface area contributed by atoms with E-state index in [1.165, 1.54) is 5.06 Å². The van der Waals surface area contributed by atoms with Crippen LogP contribution in [0.1, 0.15) is 0 Å². The Bertz CT molecular complexity index is 285. The van der Waals surface area contributed by atoms with Crippen molar-refractivity contribution in [1.29, 1.82) is 0 Å². The molecule has 2 rings (SSSR count). The van der Waals surface area contributed by atoms with Gasteiger partial charge in [-0.05, 0) is 17.6 Å². The molecule has 2 aliphatic rings. The molecule has 0 bridgehead atoms. The second-order valence-corrected chi connectivity index (χ2v) is 2.44. The van der Waals surface area contributed by atoms with Gasteiger partial charge in [-0.15, -0.1) is 0 Å². The van der Waals surface area contributed by atoms with Gasteiger partial charge in [0.25, 0.3) is 0 Å². The Balaban J connectivity index is 2.25. The van der Waals surface area contributed by atoms with Crippen molar-refractivity contribution in [2.45, 2.75) is 0 Å². The lowest BCUT2D eigenvalue weighted by molar-refractivity contribution is -0.112. The van der Waals surface area contributed by atoms with Crippen LogP contribution < -0.4 is 5.48 Å². The maximum Gasteiger partial charge on any atom is 0.488 e. The molecule has 12 heavy (non-hydrogen) atoms. The molecule has 0 amide bonds. The third-order valence-electron chi connectivity index (χ3n) is 1.63. The number of hydrogen-bond donors (Lipinski definition) is 3. The predicted molar refractivity (Wildman–Crippen MR) is 41.6 cm³/mol. The summed E-state index contributed by atoms with van der Waals surface area (Å²) < 4.78 is 0. The Morgan fingerprint density at radius 1 is 1.50 bits per heavy atom. The Labute approximate surface area is 69.3 Å². The van der Waals surface area contributed by atoms with E-state index in [2.05, 4.69) is 5.48 Å². The van der Waals surface area contributed by atoms with E-state index in [0.717, 1.165) is 5.70 Å². The third-order valence-corrected chi connectivity index (χ3v) is 1.63. The van der Waals surface area contributed by atoms with Crippen molar-refractivity contribution in [3.05, 3.63) is 35.7 Å². The zero-order valence-corrected chi connectivity index (χ0v) is 6.14. The Hall–Kier alpha value is -1.24. The van der Waals surface area contributed by atoms with E-state index in [0.29, 0.717) is 5.47 Å². The molecule has 0 aromatic heterocycles. The molecule has 0 saturated carbocycles. The van der Waals surface area contributed by atoms with Crippen molar-refractivity contribution in [1.82, 2.24) is 10.5 Å².